The third-order valence-corrected chi connectivity index (χ3v) is 6.21. The maximum absolute atomic E-state index is 13.9. The van der Waals surface area contributed by atoms with Crippen molar-refractivity contribution in [1.29, 1.82) is 0 Å². The van der Waals surface area contributed by atoms with Crippen LogP contribution in [0.3, 0.4) is 0 Å². The summed E-state index contributed by atoms with van der Waals surface area (Å²) in [4.78, 5) is 17.9. The number of oxime groups is 1. The van der Waals surface area contributed by atoms with Gasteiger partial charge in [-0.3, -0.25) is 14.9 Å². The molecule has 34 heavy (non-hydrogen) atoms. The molecule has 6 nitrogen and oxygen atoms in total. The van der Waals surface area contributed by atoms with Crippen molar-refractivity contribution in [3.05, 3.63) is 89.3 Å². The first-order chi connectivity index (χ1) is 16.5. The van der Waals surface area contributed by atoms with E-state index in [0.717, 1.165) is 50.4 Å². The Morgan fingerprint density at radius 1 is 1.00 bits per heavy atom. The smallest absolute Gasteiger partial charge is 0.164 e. The van der Waals surface area contributed by atoms with Crippen molar-refractivity contribution >= 4 is 11.4 Å². The molecule has 3 aromatic rings. The first-order valence-corrected chi connectivity index (χ1v) is 11.1. The number of hydrogen-bond donors (Lipinski definition) is 0. The molecule has 9 heteroatoms. The molecule has 0 aliphatic carbocycles. The number of anilines is 1. The molecule has 0 atom stereocenters. The number of pyridine rings is 2. The van der Waals surface area contributed by atoms with Gasteiger partial charge in [-0.15, -0.1) is 0 Å². The minimum absolute atomic E-state index is 0.215. The minimum atomic E-state index is -0.953. The lowest BCUT2D eigenvalue weighted by molar-refractivity contribution is -0.0276. The van der Waals surface area contributed by atoms with E-state index in [1.54, 1.807) is 31.5 Å². The monoisotopic (exact) mass is 467 g/mol. The van der Waals surface area contributed by atoms with E-state index in [9.17, 15) is 13.2 Å². The molecule has 176 valence electrons. The number of benzene rings is 1. The number of rotatable bonds is 7. The maximum atomic E-state index is 13.9. The maximum Gasteiger partial charge on any atom is 0.164 e. The van der Waals surface area contributed by atoms with Crippen LogP contribution in [0.25, 0.3) is 0 Å². The Balaban J connectivity index is 1.20. The molecule has 0 saturated carbocycles. The van der Waals surface area contributed by atoms with E-state index < -0.39 is 11.6 Å². The van der Waals surface area contributed by atoms with Crippen LogP contribution in [0.5, 0.6) is 0 Å². The van der Waals surface area contributed by atoms with Crippen molar-refractivity contribution in [3.63, 3.8) is 0 Å². The summed E-state index contributed by atoms with van der Waals surface area (Å²) in [7, 11) is 0. The first-order valence-electron chi connectivity index (χ1n) is 11.1. The summed E-state index contributed by atoms with van der Waals surface area (Å²) in [5.74, 6) is -2.16. The van der Waals surface area contributed by atoms with Crippen molar-refractivity contribution in [2.75, 3.05) is 37.7 Å². The molecule has 1 spiro atoms. The van der Waals surface area contributed by atoms with Gasteiger partial charge in [0.2, 0.25) is 0 Å². The zero-order chi connectivity index (χ0) is 23.7. The fourth-order valence-electron chi connectivity index (χ4n) is 4.71. The lowest BCUT2D eigenvalue weighted by atomic mass is 9.72. The van der Waals surface area contributed by atoms with E-state index in [1.165, 1.54) is 12.3 Å². The molecular formula is C25H24F3N5O. The zero-order valence-corrected chi connectivity index (χ0v) is 18.7. The lowest BCUT2D eigenvalue weighted by Crippen LogP contribution is -2.72. The highest BCUT2D eigenvalue weighted by Gasteiger charge is 2.51. The minimum Gasteiger partial charge on any atom is -0.396 e. The zero-order valence-electron chi connectivity index (χ0n) is 18.7. The van der Waals surface area contributed by atoms with Gasteiger partial charge in [-0.1, -0.05) is 11.2 Å². The van der Waals surface area contributed by atoms with Crippen molar-refractivity contribution in [1.82, 2.24) is 14.9 Å². The van der Waals surface area contributed by atoms with E-state index in [1.807, 2.05) is 6.07 Å². The molecule has 2 saturated heterocycles. The second-order valence-electron chi connectivity index (χ2n) is 8.87. The number of nitrogens with zero attached hydrogens (tertiary/aromatic N) is 5. The largest absolute Gasteiger partial charge is 0.396 e. The summed E-state index contributed by atoms with van der Waals surface area (Å²) in [5.41, 5.74) is 3.11. The molecule has 2 aromatic heterocycles. The van der Waals surface area contributed by atoms with Gasteiger partial charge in [0.15, 0.2) is 17.5 Å². The SMILES string of the molecule is CCON=C(c1ccc(F)c(F)c1)c1ccc(CN2CC3(C2)CN(c2ccncc2F)C3)cn1. The Kier molecular flexibility index (Phi) is 5.95. The number of aromatic nitrogens is 2. The lowest BCUT2D eigenvalue weighted by Gasteiger charge is -2.61. The van der Waals surface area contributed by atoms with Crippen LogP contribution in [0.2, 0.25) is 0 Å². The normalized spacial score (nSPS) is 17.4. The summed E-state index contributed by atoms with van der Waals surface area (Å²) >= 11 is 0. The highest BCUT2D eigenvalue weighted by atomic mass is 19.2. The van der Waals surface area contributed by atoms with Crippen molar-refractivity contribution < 1.29 is 18.0 Å². The first kappa shape index (κ1) is 22.3. The predicted octanol–water partition coefficient (Wildman–Crippen LogP) is 4.01. The van der Waals surface area contributed by atoms with E-state index in [-0.39, 0.29) is 11.2 Å². The van der Waals surface area contributed by atoms with Crippen LogP contribution in [0.4, 0.5) is 18.9 Å². The van der Waals surface area contributed by atoms with Crippen LogP contribution in [0.1, 0.15) is 23.7 Å². The Labute approximate surface area is 195 Å². The quantitative estimate of drug-likeness (QED) is 0.388. The third-order valence-electron chi connectivity index (χ3n) is 6.21. The Morgan fingerprint density at radius 3 is 2.50 bits per heavy atom. The Morgan fingerprint density at radius 2 is 1.82 bits per heavy atom. The molecule has 2 aliphatic rings. The van der Waals surface area contributed by atoms with Crippen molar-refractivity contribution in [2.24, 2.45) is 10.6 Å². The highest BCUT2D eigenvalue weighted by molar-refractivity contribution is 6.11. The Bertz CT molecular complexity index is 1200. The fraction of sp³-hybridized carbons (Fsp3) is 0.320. The highest BCUT2D eigenvalue weighted by Crippen LogP contribution is 2.42. The van der Waals surface area contributed by atoms with E-state index in [2.05, 4.69) is 24.9 Å². The van der Waals surface area contributed by atoms with E-state index >= 15 is 0 Å². The van der Waals surface area contributed by atoms with Gasteiger partial charge in [0.25, 0.3) is 0 Å². The second kappa shape index (κ2) is 9.06. The third kappa shape index (κ3) is 4.35. The molecule has 0 amide bonds. The van der Waals surface area contributed by atoms with Gasteiger partial charge >= 0.3 is 0 Å². The second-order valence-corrected chi connectivity index (χ2v) is 8.87. The molecule has 2 fully saturated rings. The summed E-state index contributed by atoms with van der Waals surface area (Å²) in [6, 6.07) is 9.07. The summed E-state index contributed by atoms with van der Waals surface area (Å²) in [5, 5.41) is 4.07. The number of halogens is 3. The van der Waals surface area contributed by atoms with Crippen LogP contribution >= 0.6 is 0 Å². The average molecular weight is 467 g/mol. The molecule has 0 unspecified atom stereocenters. The van der Waals surface area contributed by atoms with Crippen LogP contribution in [0, 0.1) is 22.9 Å². The summed E-state index contributed by atoms with van der Waals surface area (Å²) in [6.45, 7) is 6.46. The Hall–Kier alpha value is -3.46. The van der Waals surface area contributed by atoms with Crippen LogP contribution in [-0.2, 0) is 11.4 Å². The van der Waals surface area contributed by atoms with Crippen LogP contribution in [-0.4, -0.2) is 53.4 Å². The molecular weight excluding hydrogens is 443 g/mol. The number of likely N-dealkylation sites (tertiary alicyclic amines) is 1. The molecule has 5 rings (SSSR count). The van der Waals surface area contributed by atoms with Gasteiger partial charge in [-0.2, -0.15) is 0 Å². The van der Waals surface area contributed by atoms with Crippen molar-refractivity contribution in [3.8, 4) is 0 Å². The molecule has 0 N–H and O–H groups in total. The molecule has 0 bridgehead atoms. The predicted molar refractivity (Wildman–Crippen MR) is 122 cm³/mol. The van der Waals surface area contributed by atoms with Crippen LogP contribution in [0.15, 0.2) is 60.1 Å². The van der Waals surface area contributed by atoms with Crippen LogP contribution < -0.4 is 4.90 Å². The van der Waals surface area contributed by atoms with Gasteiger partial charge in [0.1, 0.15) is 12.3 Å². The van der Waals surface area contributed by atoms with Gasteiger partial charge in [0, 0.05) is 56.1 Å². The molecule has 2 aliphatic heterocycles. The van der Waals surface area contributed by atoms with Gasteiger partial charge < -0.3 is 9.74 Å². The van der Waals surface area contributed by atoms with E-state index in [4.69, 9.17) is 4.84 Å². The summed E-state index contributed by atoms with van der Waals surface area (Å²) in [6.07, 6.45) is 4.63. The molecule has 4 heterocycles. The van der Waals surface area contributed by atoms with Gasteiger partial charge in [-0.25, -0.2) is 13.2 Å². The van der Waals surface area contributed by atoms with Crippen molar-refractivity contribution in [2.45, 2.75) is 13.5 Å². The van der Waals surface area contributed by atoms with Gasteiger partial charge in [0.05, 0.1) is 17.6 Å². The average Bonchev–Trinajstić information content (AvgIpc) is 2.78. The molecule has 0 radical (unpaired) electrons. The standard InChI is InChI=1S/C25H24F3N5O/c1-2-34-31-24(18-4-5-19(26)20(27)9-18)22-6-3-17(10-30-22)12-32-13-25(14-32)15-33(16-25)23-7-8-29-11-21(23)28/h3-11H,2,12-16H2,1H3. The van der Waals surface area contributed by atoms with E-state index in [0.29, 0.717) is 29.3 Å². The van der Waals surface area contributed by atoms with Gasteiger partial charge in [-0.05, 0) is 42.8 Å². The molecule has 1 aromatic carbocycles. The number of hydrogen-bond acceptors (Lipinski definition) is 6. The summed E-state index contributed by atoms with van der Waals surface area (Å²) < 4.78 is 41.0. The topological polar surface area (TPSA) is 53.9 Å². The fourth-order valence-corrected chi connectivity index (χ4v) is 4.71.